The molecule has 4 saturated carbocycles. The Morgan fingerprint density at radius 3 is 2.61 bits per heavy atom. The molecule has 4 aliphatic rings. The highest BCUT2D eigenvalue weighted by Gasteiger charge is 2.63. The summed E-state index contributed by atoms with van der Waals surface area (Å²) in [6, 6.07) is 0. The molecule has 178 valence electrons. The fraction of sp³-hybridized carbons (Fsp3) is 0.962. The van der Waals surface area contributed by atoms with Crippen LogP contribution in [0.4, 0.5) is 0 Å². The molecule has 0 aromatic heterocycles. The van der Waals surface area contributed by atoms with E-state index >= 15 is 0 Å². The van der Waals surface area contributed by atoms with Crippen LogP contribution in [0.5, 0.6) is 0 Å². The molecule has 1 amide bonds. The van der Waals surface area contributed by atoms with Gasteiger partial charge in [-0.15, -0.1) is 0 Å². The quantitative estimate of drug-likeness (QED) is 0.451. The van der Waals surface area contributed by atoms with E-state index < -0.39 is 0 Å². The second kappa shape index (κ2) is 9.18. The summed E-state index contributed by atoms with van der Waals surface area (Å²) < 4.78 is 0. The zero-order chi connectivity index (χ0) is 22.4. The third-order valence-electron chi connectivity index (χ3n) is 10.8. The molecule has 0 aromatic rings. The molecule has 0 spiro atoms. The van der Waals surface area contributed by atoms with Gasteiger partial charge in [0.15, 0.2) is 0 Å². The first kappa shape index (κ1) is 23.9. The molecule has 0 radical (unpaired) electrons. The number of rotatable bonds is 6. The van der Waals surface area contributed by atoms with Gasteiger partial charge in [-0.1, -0.05) is 20.8 Å². The average Bonchev–Trinajstić information content (AvgIpc) is 3.10. The van der Waals surface area contributed by atoms with Crippen molar-refractivity contribution in [2.75, 3.05) is 12.3 Å². The van der Waals surface area contributed by atoms with E-state index in [1.807, 2.05) is 0 Å². The number of hydrogen-bond donors (Lipinski definition) is 4. The van der Waals surface area contributed by atoms with Gasteiger partial charge < -0.3 is 15.5 Å². The Morgan fingerprint density at radius 2 is 1.87 bits per heavy atom. The van der Waals surface area contributed by atoms with Gasteiger partial charge in [-0.25, -0.2) is 0 Å². The number of carbonyl (C=O) groups excluding carboxylic acids is 1. The van der Waals surface area contributed by atoms with Gasteiger partial charge in [0.1, 0.15) is 0 Å². The topological polar surface area (TPSA) is 69.6 Å². The maximum atomic E-state index is 12.1. The number of fused-ring (bicyclic) bond motifs is 5. The van der Waals surface area contributed by atoms with E-state index in [0.29, 0.717) is 53.7 Å². The summed E-state index contributed by atoms with van der Waals surface area (Å²) >= 11 is 4.17. The molecular weight excluding hydrogens is 406 g/mol. The number of aliphatic hydroxyl groups excluding tert-OH is 2. The predicted octanol–water partition coefficient (Wildman–Crippen LogP) is 4.44. The zero-order valence-corrected chi connectivity index (χ0v) is 20.7. The van der Waals surface area contributed by atoms with E-state index in [9.17, 15) is 15.0 Å². The fourth-order valence-corrected chi connectivity index (χ4v) is 9.12. The van der Waals surface area contributed by atoms with Crippen molar-refractivity contribution < 1.29 is 15.0 Å². The summed E-state index contributed by atoms with van der Waals surface area (Å²) in [5.74, 6) is 4.34. The number of carbonyl (C=O) groups is 1. The molecule has 0 aromatic carbocycles. The smallest absolute Gasteiger partial charge is 0.220 e. The van der Waals surface area contributed by atoms with E-state index in [-0.39, 0.29) is 23.5 Å². The molecule has 5 heteroatoms. The van der Waals surface area contributed by atoms with E-state index in [2.05, 4.69) is 38.7 Å². The van der Waals surface area contributed by atoms with Crippen LogP contribution in [0.1, 0.15) is 85.0 Å². The molecule has 3 N–H and O–H groups in total. The molecule has 0 unspecified atom stereocenters. The standard InChI is InChI=1S/C26H45NO3S/c1-16(4-9-24(30)27-12-13-31)20-7-8-21-19-6-5-17-14-18(28)10-11-25(17,2)22(19)15-23(29)26(20,21)3/h16-23,28-29,31H,4-15H2,1-3H3,(H,27,30)/t16-,17-,18-,19+,20-,21+,22+,23+,25+,26-/m1/s1. The minimum atomic E-state index is -0.242. The second-order valence-electron chi connectivity index (χ2n) is 12.0. The molecule has 4 nitrogen and oxygen atoms in total. The molecule has 4 rings (SSSR count). The van der Waals surface area contributed by atoms with Crippen LogP contribution >= 0.6 is 12.6 Å². The minimum absolute atomic E-state index is 0.0143. The molecule has 31 heavy (non-hydrogen) atoms. The van der Waals surface area contributed by atoms with Crippen molar-refractivity contribution in [2.45, 2.75) is 97.2 Å². The average molecular weight is 452 g/mol. The largest absolute Gasteiger partial charge is 0.393 e. The monoisotopic (exact) mass is 451 g/mol. The number of aliphatic hydroxyl groups is 2. The van der Waals surface area contributed by atoms with Crippen LogP contribution in [-0.4, -0.2) is 40.6 Å². The molecule has 4 aliphatic carbocycles. The van der Waals surface area contributed by atoms with Crippen LogP contribution in [0.3, 0.4) is 0 Å². The van der Waals surface area contributed by atoms with Crippen molar-refractivity contribution in [3.05, 3.63) is 0 Å². The van der Waals surface area contributed by atoms with Crippen LogP contribution in [0.2, 0.25) is 0 Å². The van der Waals surface area contributed by atoms with Crippen LogP contribution in [0.15, 0.2) is 0 Å². The summed E-state index contributed by atoms with van der Waals surface area (Å²) in [4.78, 5) is 12.1. The van der Waals surface area contributed by atoms with Crippen molar-refractivity contribution in [3.8, 4) is 0 Å². The van der Waals surface area contributed by atoms with Crippen molar-refractivity contribution in [3.63, 3.8) is 0 Å². The van der Waals surface area contributed by atoms with Crippen molar-refractivity contribution in [1.29, 1.82) is 0 Å². The molecule has 4 fully saturated rings. The fourth-order valence-electron chi connectivity index (χ4n) is 9.00. The van der Waals surface area contributed by atoms with E-state index in [4.69, 9.17) is 0 Å². The predicted molar refractivity (Wildman–Crippen MR) is 128 cm³/mol. The summed E-state index contributed by atoms with van der Waals surface area (Å²) in [7, 11) is 0. The first-order chi connectivity index (χ1) is 14.7. The molecule has 10 atom stereocenters. The minimum Gasteiger partial charge on any atom is -0.393 e. The lowest BCUT2D eigenvalue weighted by atomic mass is 9.43. The van der Waals surface area contributed by atoms with Gasteiger partial charge in [0.25, 0.3) is 0 Å². The Hall–Kier alpha value is -0.260. The summed E-state index contributed by atoms with van der Waals surface area (Å²) in [6.07, 6.45) is 10.0. The Bertz CT molecular complexity index is 659. The maximum Gasteiger partial charge on any atom is 0.220 e. The molecule has 0 heterocycles. The lowest BCUT2D eigenvalue weighted by Crippen LogP contribution is -2.58. The highest BCUT2D eigenvalue weighted by atomic mass is 32.1. The van der Waals surface area contributed by atoms with Crippen molar-refractivity contribution in [2.24, 2.45) is 46.3 Å². The van der Waals surface area contributed by atoms with E-state index in [0.717, 1.165) is 38.0 Å². The Kier molecular flexibility index (Phi) is 7.07. The first-order valence-corrected chi connectivity index (χ1v) is 13.6. The zero-order valence-electron chi connectivity index (χ0n) is 19.9. The van der Waals surface area contributed by atoms with Crippen LogP contribution in [0, 0.1) is 46.3 Å². The van der Waals surface area contributed by atoms with Gasteiger partial charge >= 0.3 is 0 Å². The molecular formula is C26H45NO3S. The summed E-state index contributed by atoms with van der Waals surface area (Å²) in [6.45, 7) is 7.81. The Labute approximate surface area is 194 Å². The highest BCUT2D eigenvalue weighted by molar-refractivity contribution is 7.80. The lowest BCUT2D eigenvalue weighted by Gasteiger charge is -2.62. The van der Waals surface area contributed by atoms with Crippen molar-refractivity contribution >= 4 is 18.5 Å². The first-order valence-electron chi connectivity index (χ1n) is 13.0. The van der Waals surface area contributed by atoms with Gasteiger partial charge in [0.05, 0.1) is 12.2 Å². The van der Waals surface area contributed by atoms with Gasteiger partial charge in [-0.3, -0.25) is 4.79 Å². The molecule has 0 saturated heterocycles. The summed E-state index contributed by atoms with van der Waals surface area (Å²) in [5.41, 5.74) is 0.277. The lowest BCUT2D eigenvalue weighted by molar-refractivity contribution is -0.174. The van der Waals surface area contributed by atoms with Gasteiger partial charge in [-0.2, -0.15) is 12.6 Å². The normalized spacial score (nSPS) is 47.7. The van der Waals surface area contributed by atoms with Gasteiger partial charge in [0.2, 0.25) is 5.91 Å². The number of hydrogen-bond acceptors (Lipinski definition) is 4. The van der Waals surface area contributed by atoms with Crippen LogP contribution in [-0.2, 0) is 4.79 Å². The Morgan fingerprint density at radius 1 is 1.10 bits per heavy atom. The van der Waals surface area contributed by atoms with Crippen molar-refractivity contribution in [1.82, 2.24) is 5.32 Å². The Balaban J connectivity index is 1.47. The van der Waals surface area contributed by atoms with E-state index in [1.165, 1.54) is 25.7 Å². The third kappa shape index (κ3) is 4.10. The third-order valence-corrected chi connectivity index (χ3v) is 11.0. The van der Waals surface area contributed by atoms with Gasteiger partial charge in [0, 0.05) is 18.7 Å². The van der Waals surface area contributed by atoms with E-state index in [1.54, 1.807) is 0 Å². The molecule has 0 bridgehead atoms. The second-order valence-corrected chi connectivity index (χ2v) is 12.4. The highest BCUT2D eigenvalue weighted by Crippen LogP contribution is 2.68. The SMILES string of the molecule is C[C@H](CCC(=O)NCCS)[C@H]1CC[C@H]2[C@@H]3CC[C@@H]4C[C@H](O)CC[C@]4(C)[C@H]3C[C@H](O)[C@]12C. The van der Waals surface area contributed by atoms with Crippen LogP contribution < -0.4 is 5.32 Å². The summed E-state index contributed by atoms with van der Waals surface area (Å²) in [5, 5.41) is 24.8. The number of amides is 1. The van der Waals surface area contributed by atoms with Gasteiger partial charge in [-0.05, 0) is 104 Å². The number of nitrogens with one attached hydrogen (secondary N) is 1. The maximum absolute atomic E-state index is 12.1. The van der Waals surface area contributed by atoms with Crippen LogP contribution in [0.25, 0.3) is 0 Å². The molecule has 0 aliphatic heterocycles. The number of thiol groups is 1.